The fourth-order valence-corrected chi connectivity index (χ4v) is 2.20. The highest BCUT2D eigenvalue weighted by atomic mass is 16.3. The molecule has 0 spiro atoms. The predicted molar refractivity (Wildman–Crippen MR) is 73.5 cm³/mol. The second-order valence-electron chi connectivity index (χ2n) is 4.63. The highest BCUT2D eigenvalue weighted by Gasteiger charge is 2.22. The molecule has 1 aromatic rings. The second-order valence-corrected chi connectivity index (χ2v) is 4.63. The van der Waals surface area contributed by atoms with Crippen LogP contribution in [0.25, 0.3) is 0 Å². The molecule has 4 heteroatoms. The normalized spacial score (nSPS) is 18.6. The Kier molecular flexibility index (Phi) is 4.56. The molecule has 0 aromatic heterocycles. The molecule has 0 aliphatic carbocycles. The van der Waals surface area contributed by atoms with Gasteiger partial charge in [-0.2, -0.15) is 0 Å². The number of amides is 1. The summed E-state index contributed by atoms with van der Waals surface area (Å²) in [5.41, 5.74) is 6.72. The van der Waals surface area contributed by atoms with Crippen molar-refractivity contribution < 1.29 is 9.90 Å². The van der Waals surface area contributed by atoms with Gasteiger partial charge in [0.15, 0.2) is 0 Å². The van der Waals surface area contributed by atoms with Crippen LogP contribution in [0.1, 0.15) is 28.8 Å². The van der Waals surface area contributed by atoms with E-state index < -0.39 is 6.10 Å². The van der Waals surface area contributed by atoms with E-state index in [2.05, 4.69) is 11.8 Å². The van der Waals surface area contributed by atoms with Gasteiger partial charge in [0, 0.05) is 24.2 Å². The number of hydrogen-bond donors (Lipinski definition) is 2. The third kappa shape index (κ3) is 3.57. The first kappa shape index (κ1) is 13.6. The zero-order valence-electron chi connectivity index (χ0n) is 10.8. The van der Waals surface area contributed by atoms with Gasteiger partial charge in [0.1, 0.15) is 0 Å². The first-order valence-corrected chi connectivity index (χ1v) is 6.47. The van der Waals surface area contributed by atoms with E-state index in [1.54, 1.807) is 17.0 Å². The van der Waals surface area contributed by atoms with Crippen molar-refractivity contribution in [2.75, 3.05) is 19.6 Å². The van der Waals surface area contributed by atoms with Gasteiger partial charge in [0.05, 0.1) is 12.6 Å². The summed E-state index contributed by atoms with van der Waals surface area (Å²) in [4.78, 5) is 14.0. The van der Waals surface area contributed by atoms with Crippen molar-refractivity contribution in [2.24, 2.45) is 5.73 Å². The molecular weight excluding hydrogens is 240 g/mol. The van der Waals surface area contributed by atoms with E-state index in [-0.39, 0.29) is 5.91 Å². The Morgan fingerprint density at radius 3 is 3.11 bits per heavy atom. The monoisotopic (exact) mass is 258 g/mol. The van der Waals surface area contributed by atoms with Gasteiger partial charge in [-0.3, -0.25) is 4.79 Å². The van der Waals surface area contributed by atoms with Crippen LogP contribution in [0.5, 0.6) is 0 Å². The largest absolute Gasteiger partial charge is 0.391 e. The van der Waals surface area contributed by atoms with Gasteiger partial charge >= 0.3 is 0 Å². The molecule has 0 saturated carbocycles. The van der Waals surface area contributed by atoms with Gasteiger partial charge in [-0.15, -0.1) is 0 Å². The molecule has 1 heterocycles. The number of aliphatic hydroxyl groups excluding tert-OH is 1. The van der Waals surface area contributed by atoms with Crippen LogP contribution in [-0.2, 0) is 0 Å². The Bertz CT molecular complexity index is 516. The van der Waals surface area contributed by atoms with Crippen LogP contribution >= 0.6 is 0 Å². The first-order valence-electron chi connectivity index (χ1n) is 6.47. The van der Waals surface area contributed by atoms with Crippen molar-refractivity contribution in [3.05, 3.63) is 35.4 Å². The Balaban J connectivity index is 2.14. The van der Waals surface area contributed by atoms with Crippen molar-refractivity contribution >= 4 is 5.91 Å². The number of aliphatic hydroxyl groups is 1. The zero-order chi connectivity index (χ0) is 13.7. The summed E-state index contributed by atoms with van der Waals surface area (Å²) in [6.45, 7) is 1.42. The fourth-order valence-electron chi connectivity index (χ4n) is 2.20. The maximum atomic E-state index is 12.3. The van der Waals surface area contributed by atoms with E-state index in [0.29, 0.717) is 25.2 Å². The summed E-state index contributed by atoms with van der Waals surface area (Å²) in [7, 11) is 0. The summed E-state index contributed by atoms with van der Waals surface area (Å²) in [6, 6.07) is 7.21. The molecule has 1 fully saturated rings. The average molecular weight is 258 g/mol. The maximum Gasteiger partial charge on any atom is 0.253 e. The highest BCUT2D eigenvalue weighted by Crippen LogP contribution is 2.14. The second kappa shape index (κ2) is 6.37. The molecule has 3 N–H and O–H groups in total. The highest BCUT2D eigenvalue weighted by molar-refractivity contribution is 5.94. The minimum Gasteiger partial charge on any atom is -0.391 e. The Labute approximate surface area is 113 Å². The Morgan fingerprint density at radius 2 is 2.37 bits per heavy atom. The quantitative estimate of drug-likeness (QED) is 0.725. The van der Waals surface area contributed by atoms with Crippen LogP contribution in [-0.4, -0.2) is 41.7 Å². The van der Waals surface area contributed by atoms with Crippen molar-refractivity contribution in [3.63, 3.8) is 0 Å². The van der Waals surface area contributed by atoms with Crippen molar-refractivity contribution in [2.45, 2.75) is 18.9 Å². The van der Waals surface area contributed by atoms with Crippen molar-refractivity contribution in [3.8, 4) is 11.8 Å². The molecule has 2 rings (SSSR count). The van der Waals surface area contributed by atoms with Gasteiger partial charge in [0.25, 0.3) is 5.91 Å². The molecular formula is C15H18N2O2. The van der Waals surface area contributed by atoms with E-state index in [1.165, 1.54) is 0 Å². The summed E-state index contributed by atoms with van der Waals surface area (Å²) in [5, 5.41) is 9.62. The van der Waals surface area contributed by atoms with E-state index in [9.17, 15) is 9.90 Å². The molecule has 1 amide bonds. The van der Waals surface area contributed by atoms with E-state index in [0.717, 1.165) is 18.4 Å². The number of hydrogen-bond acceptors (Lipinski definition) is 3. The van der Waals surface area contributed by atoms with Gasteiger partial charge in [0.2, 0.25) is 0 Å². The third-order valence-electron chi connectivity index (χ3n) is 3.13. The minimum atomic E-state index is -0.405. The predicted octanol–water partition coefficient (Wildman–Crippen LogP) is 0.594. The molecule has 1 unspecified atom stereocenters. The fraction of sp³-hybridized carbons (Fsp3) is 0.400. The van der Waals surface area contributed by atoms with E-state index >= 15 is 0 Å². The number of piperidine rings is 1. The lowest BCUT2D eigenvalue weighted by Gasteiger charge is -2.30. The lowest BCUT2D eigenvalue weighted by atomic mass is 10.1. The van der Waals surface area contributed by atoms with Gasteiger partial charge in [-0.1, -0.05) is 17.9 Å². The summed E-state index contributed by atoms with van der Waals surface area (Å²) < 4.78 is 0. The molecule has 1 aliphatic heterocycles. The summed E-state index contributed by atoms with van der Waals surface area (Å²) >= 11 is 0. The van der Waals surface area contributed by atoms with E-state index in [1.807, 2.05) is 12.1 Å². The number of nitrogens with two attached hydrogens (primary N) is 1. The van der Waals surface area contributed by atoms with Gasteiger partial charge in [-0.25, -0.2) is 0 Å². The van der Waals surface area contributed by atoms with Crippen LogP contribution in [0.15, 0.2) is 24.3 Å². The number of likely N-dealkylation sites (tertiary alicyclic amines) is 1. The maximum absolute atomic E-state index is 12.3. The molecule has 1 aliphatic rings. The molecule has 0 radical (unpaired) electrons. The van der Waals surface area contributed by atoms with Crippen molar-refractivity contribution in [1.82, 2.24) is 4.90 Å². The number of carbonyl (C=O) groups excluding carboxylic acids is 1. The first-order chi connectivity index (χ1) is 9.20. The standard InChI is InChI=1S/C15H18N2O2/c16-8-2-5-12-4-1-6-13(10-12)15(19)17-9-3-7-14(18)11-17/h1,4,6,10,14,18H,3,7-9,11,16H2. The minimum absolute atomic E-state index is 0.0462. The van der Waals surface area contributed by atoms with E-state index in [4.69, 9.17) is 5.73 Å². The Hall–Kier alpha value is -1.83. The molecule has 1 atom stereocenters. The molecule has 1 aromatic carbocycles. The van der Waals surface area contributed by atoms with Crippen molar-refractivity contribution in [1.29, 1.82) is 0 Å². The average Bonchev–Trinajstić information content (AvgIpc) is 2.44. The molecule has 1 saturated heterocycles. The third-order valence-corrected chi connectivity index (χ3v) is 3.13. The van der Waals surface area contributed by atoms with Crippen LogP contribution in [0.4, 0.5) is 0 Å². The lowest BCUT2D eigenvalue weighted by molar-refractivity contribution is 0.0474. The number of rotatable bonds is 1. The van der Waals surface area contributed by atoms with Crippen LogP contribution in [0.3, 0.4) is 0 Å². The van der Waals surface area contributed by atoms with Gasteiger partial charge < -0.3 is 15.7 Å². The molecule has 100 valence electrons. The van der Waals surface area contributed by atoms with Gasteiger partial charge in [-0.05, 0) is 31.0 Å². The number of carbonyl (C=O) groups is 1. The smallest absolute Gasteiger partial charge is 0.253 e. The van der Waals surface area contributed by atoms with Crippen LogP contribution < -0.4 is 5.73 Å². The lowest BCUT2D eigenvalue weighted by Crippen LogP contribution is -2.42. The molecule has 0 bridgehead atoms. The Morgan fingerprint density at radius 1 is 1.53 bits per heavy atom. The molecule has 19 heavy (non-hydrogen) atoms. The summed E-state index contributed by atoms with van der Waals surface area (Å²) in [5.74, 6) is 5.64. The topological polar surface area (TPSA) is 66.6 Å². The number of nitrogens with zero attached hydrogens (tertiary/aromatic N) is 1. The number of benzene rings is 1. The van der Waals surface area contributed by atoms with Crippen LogP contribution in [0.2, 0.25) is 0 Å². The zero-order valence-corrected chi connectivity index (χ0v) is 10.8. The SMILES string of the molecule is NCC#Cc1cccc(C(=O)N2CCCC(O)C2)c1. The van der Waals surface area contributed by atoms with Crippen LogP contribution in [0, 0.1) is 11.8 Å². The summed E-state index contributed by atoms with van der Waals surface area (Å²) in [6.07, 6.45) is 1.21. The number of β-amino-alcohol motifs (C(OH)–C–C–N with tert-alkyl or cyclic N) is 1. The molecule has 4 nitrogen and oxygen atoms in total.